The molecular weight excluding hydrogens is 216 g/mol. The summed E-state index contributed by atoms with van der Waals surface area (Å²) in [5.74, 6) is -0.0520. The molecule has 0 radical (unpaired) electrons. The van der Waals surface area contributed by atoms with Crippen LogP contribution in [0.4, 0.5) is 0 Å². The highest BCUT2D eigenvalue weighted by atomic mass is 16.5. The maximum absolute atomic E-state index is 11.3. The Morgan fingerprint density at radius 1 is 1.35 bits per heavy atom. The minimum Gasteiger partial charge on any atom is -0.381 e. The van der Waals surface area contributed by atoms with Crippen molar-refractivity contribution in [3.05, 3.63) is 12.7 Å². The second-order valence-corrected chi connectivity index (χ2v) is 4.89. The first-order valence-corrected chi connectivity index (χ1v) is 6.54. The molecule has 1 N–H and O–H groups in total. The van der Waals surface area contributed by atoms with E-state index in [0.717, 1.165) is 45.6 Å². The molecule has 0 saturated carbocycles. The summed E-state index contributed by atoms with van der Waals surface area (Å²) in [4.78, 5) is 13.8. The van der Waals surface area contributed by atoms with Crippen molar-refractivity contribution in [3.63, 3.8) is 0 Å². The number of piperidine rings is 1. The van der Waals surface area contributed by atoms with Crippen LogP contribution in [0.15, 0.2) is 12.7 Å². The molecule has 2 saturated heterocycles. The van der Waals surface area contributed by atoms with Gasteiger partial charge in [-0.15, -0.1) is 0 Å². The minimum atomic E-state index is -0.0520. The Kier molecular flexibility index (Phi) is 4.57. The van der Waals surface area contributed by atoms with Gasteiger partial charge in [0.15, 0.2) is 0 Å². The Hall–Kier alpha value is -0.870. The van der Waals surface area contributed by atoms with Gasteiger partial charge in [-0.3, -0.25) is 9.69 Å². The van der Waals surface area contributed by atoms with Gasteiger partial charge >= 0.3 is 0 Å². The lowest BCUT2D eigenvalue weighted by Crippen LogP contribution is -2.51. The maximum Gasteiger partial charge on any atom is 0.243 e. The number of carbonyl (C=O) groups is 1. The summed E-state index contributed by atoms with van der Waals surface area (Å²) in [7, 11) is 0. The molecule has 0 aromatic rings. The average Bonchev–Trinajstić information content (AvgIpc) is 2.40. The number of nitrogens with zero attached hydrogens (tertiary/aromatic N) is 1. The molecule has 4 heteroatoms. The molecule has 1 atom stereocenters. The first kappa shape index (κ1) is 12.6. The predicted octanol–water partition coefficient (Wildman–Crippen LogP) is 0.932. The SMILES string of the molecule is C=CC(=O)NC1CCCN(C2CCOCC2)C1. The fraction of sp³-hybridized carbons (Fsp3) is 0.769. The standard InChI is InChI=1S/C13H22N2O2/c1-2-13(16)14-11-4-3-7-15(10-11)12-5-8-17-9-6-12/h2,11-12H,1,3-10H2,(H,14,16). The van der Waals surface area contributed by atoms with E-state index in [1.54, 1.807) is 0 Å². The first-order valence-electron chi connectivity index (χ1n) is 6.54. The highest BCUT2D eigenvalue weighted by molar-refractivity contribution is 5.87. The van der Waals surface area contributed by atoms with Crippen LogP contribution in [-0.2, 0) is 9.53 Å². The zero-order valence-electron chi connectivity index (χ0n) is 10.4. The van der Waals surface area contributed by atoms with Crippen LogP contribution in [0.2, 0.25) is 0 Å². The molecule has 1 amide bonds. The minimum absolute atomic E-state index is 0.0520. The van der Waals surface area contributed by atoms with Crippen molar-refractivity contribution in [2.45, 2.75) is 37.8 Å². The van der Waals surface area contributed by atoms with Gasteiger partial charge in [-0.2, -0.15) is 0 Å². The van der Waals surface area contributed by atoms with Gasteiger partial charge in [-0.1, -0.05) is 6.58 Å². The molecule has 0 spiro atoms. The Morgan fingerprint density at radius 2 is 2.12 bits per heavy atom. The average molecular weight is 238 g/mol. The lowest BCUT2D eigenvalue weighted by Gasteiger charge is -2.39. The molecule has 2 fully saturated rings. The summed E-state index contributed by atoms with van der Waals surface area (Å²) in [6.45, 7) is 7.39. The van der Waals surface area contributed by atoms with Gasteiger partial charge in [0.2, 0.25) is 5.91 Å². The van der Waals surface area contributed by atoms with Crippen molar-refractivity contribution in [2.24, 2.45) is 0 Å². The number of nitrogens with one attached hydrogen (secondary N) is 1. The number of hydrogen-bond acceptors (Lipinski definition) is 3. The number of carbonyl (C=O) groups excluding carboxylic acids is 1. The third-order valence-corrected chi connectivity index (χ3v) is 3.69. The normalized spacial score (nSPS) is 27.6. The molecule has 0 bridgehead atoms. The van der Waals surface area contributed by atoms with Crippen LogP contribution in [0.3, 0.4) is 0 Å². The highest BCUT2D eigenvalue weighted by Gasteiger charge is 2.27. The highest BCUT2D eigenvalue weighted by Crippen LogP contribution is 2.19. The fourth-order valence-electron chi connectivity index (χ4n) is 2.77. The summed E-state index contributed by atoms with van der Waals surface area (Å²) in [6, 6.07) is 0.935. The third-order valence-electron chi connectivity index (χ3n) is 3.69. The molecule has 0 aromatic carbocycles. The van der Waals surface area contributed by atoms with E-state index in [-0.39, 0.29) is 11.9 Å². The summed E-state index contributed by atoms with van der Waals surface area (Å²) >= 11 is 0. The molecule has 2 aliphatic rings. The van der Waals surface area contributed by atoms with Crippen molar-refractivity contribution in [1.82, 2.24) is 10.2 Å². The lowest BCUT2D eigenvalue weighted by molar-refractivity contribution is -0.117. The van der Waals surface area contributed by atoms with Crippen LogP contribution in [0, 0.1) is 0 Å². The summed E-state index contributed by atoms with van der Waals surface area (Å²) in [5.41, 5.74) is 0. The van der Waals surface area contributed by atoms with Crippen molar-refractivity contribution in [2.75, 3.05) is 26.3 Å². The van der Waals surface area contributed by atoms with Gasteiger partial charge in [-0.25, -0.2) is 0 Å². The third kappa shape index (κ3) is 3.54. The number of likely N-dealkylation sites (tertiary alicyclic amines) is 1. The van der Waals surface area contributed by atoms with Crippen LogP contribution < -0.4 is 5.32 Å². The summed E-state index contributed by atoms with van der Waals surface area (Å²) in [6.07, 6.45) is 5.86. The number of hydrogen-bond donors (Lipinski definition) is 1. The molecule has 4 nitrogen and oxygen atoms in total. The van der Waals surface area contributed by atoms with E-state index in [1.165, 1.54) is 12.5 Å². The monoisotopic (exact) mass is 238 g/mol. The van der Waals surface area contributed by atoms with Crippen molar-refractivity contribution < 1.29 is 9.53 Å². The van der Waals surface area contributed by atoms with E-state index in [4.69, 9.17) is 4.74 Å². The van der Waals surface area contributed by atoms with Gasteiger partial charge in [0.1, 0.15) is 0 Å². The number of amides is 1. The van der Waals surface area contributed by atoms with E-state index >= 15 is 0 Å². The zero-order valence-corrected chi connectivity index (χ0v) is 10.4. The van der Waals surface area contributed by atoms with Crippen LogP contribution in [0.1, 0.15) is 25.7 Å². The van der Waals surface area contributed by atoms with E-state index < -0.39 is 0 Å². The van der Waals surface area contributed by atoms with Gasteiger partial charge in [0, 0.05) is 31.8 Å². The van der Waals surface area contributed by atoms with Gasteiger partial charge in [-0.05, 0) is 38.3 Å². The maximum atomic E-state index is 11.3. The predicted molar refractivity (Wildman–Crippen MR) is 66.8 cm³/mol. The molecule has 2 rings (SSSR count). The van der Waals surface area contributed by atoms with Crippen molar-refractivity contribution >= 4 is 5.91 Å². The second-order valence-electron chi connectivity index (χ2n) is 4.89. The van der Waals surface area contributed by atoms with Crippen molar-refractivity contribution in [1.29, 1.82) is 0 Å². The Labute approximate surface area is 103 Å². The van der Waals surface area contributed by atoms with Crippen LogP contribution in [0.5, 0.6) is 0 Å². The van der Waals surface area contributed by atoms with E-state index in [9.17, 15) is 4.79 Å². The number of ether oxygens (including phenoxy) is 1. The van der Waals surface area contributed by atoms with E-state index in [0.29, 0.717) is 6.04 Å². The largest absolute Gasteiger partial charge is 0.381 e. The van der Waals surface area contributed by atoms with E-state index in [1.807, 2.05) is 0 Å². The topological polar surface area (TPSA) is 41.6 Å². The second kappa shape index (κ2) is 6.17. The van der Waals surface area contributed by atoms with Crippen LogP contribution in [-0.4, -0.2) is 49.2 Å². The van der Waals surface area contributed by atoms with Crippen LogP contribution in [0.25, 0.3) is 0 Å². The zero-order chi connectivity index (χ0) is 12.1. The fourth-order valence-corrected chi connectivity index (χ4v) is 2.77. The molecule has 1 unspecified atom stereocenters. The molecule has 0 aliphatic carbocycles. The summed E-state index contributed by atoms with van der Waals surface area (Å²) in [5, 5.41) is 3.01. The Morgan fingerprint density at radius 3 is 2.82 bits per heavy atom. The first-order chi connectivity index (χ1) is 8.29. The molecule has 2 aliphatic heterocycles. The van der Waals surface area contributed by atoms with Gasteiger partial charge in [0.05, 0.1) is 0 Å². The Bertz CT molecular complexity index is 275. The van der Waals surface area contributed by atoms with Gasteiger partial charge in [0.25, 0.3) is 0 Å². The number of rotatable bonds is 3. The van der Waals surface area contributed by atoms with E-state index in [2.05, 4.69) is 16.8 Å². The molecule has 2 heterocycles. The van der Waals surface area contributed by atoms with Crippen molar-refractivity contribution in [3.8, 4) is 0 Å². The molecule has 0 aromatic heterocycles. The summed E-state index contributed by atoms with van der Waals surface area (Å²) < 4.78 is 5.39. The van der Waals surface area contributed by atoms with Gasteiger partial charge < -0.3 is 10.1 Å². The quantitative estimate of drug-likeness (QED) is 0.744. The molecule has 96 valence electrons. The molecular formula is C13H22N2O2. The molecule has 17 heavy (non-hydrogen) atoms. The Balaban J connectivity index is 1.83. The lowest BCUT2D eigenvalue weighted by atomic mass is 10.00. The van der Waals surface area contributed by atoms with Crippen LogP contribution >= 0.6 is 0 Å². The smallest absolute Gasteiger partial charge is 0.243 e.